The maximum atomic E-state index is 13.2. The summed E-state index contributed by atoms with van der Waals surface area (Å²) < 4.78 is 14.8. The van der Waals surface area contributed by atoms with Gasteiger partial charge in [0.25, 0.3) is 5.91 Å². The van der Waals surface area contributed by atoms with Gasteiger partial charge < -0.3 is 5.32 Å². The van der Waals surface area contributed by atoms with E-state index < -0.39 is 0 Å². The third kappa shape index (κ3) is 2.60. The standard InChI is InChI=1S/C15H13FN4O/c1-9-12(15(21)18-14-5-6-20(2)19-14)7-10-3-4-11(16)8-13(10)17-9/h3-8H,1-2H3,(H,18,19,21). The number of amides is 1. The SMILES string of the molecule is Cc1nc2cc(F)ccc2cc1C(=O)Nc1ccn(C)n1. The number of hydrogen-bond acceptors (Lipinski definition) is 3. The predicted molar refractivity (Wildman–Crippen MR) is 77.6 cm³/mol. The lowest BCUT2D eigenvalue weighted by molar-refractivity contribution is 0.102. The first-order valence-electron chi connectivity index (χ1n) is 6.41. The molecule has 0 radical (unpaired) electrons. The first kappa shape index (κ1) is 13.2. The van der Waals surface area contributed by atoms with E-state index in [2.05, 4.69) is 15.4 Å². The van der Waals surface area contributed by atoms with Crippen LogP contribution in [0.4, 0.5) is 10.2 Å². The third-order valence-corrected chi connectivity index (χ3v) is 3.17. The Morgan fingerprint density at radius 2 is 2.10 bits per heavy atom. The molecule has 0 fully saturated rings. The number of rotatable bonds is 2. The molecule has 1 aromatic carbocycles. The molecule has 3 aromatic rings. The zero-order valence-electron chi connectivity index (χ0n) is 11.6. The number of pyridine rings is 1. The summed E-state index contributed by atoms with van der Waals surface area (Å²) in [5, 5.41) is 7.52. The van der Waals surface area contributed by atoms with Crippen molar-refractivity contribution in [3.05, 3.63) is 53.6 Å². The average Bonchev–Trinajstić information content (AvgIpc) is 2.83. The summed E-state index contributed by atoms with van der Waals surface area (Å²) in [5.74, 6) is -0.161. The molecule has 3 rings (SSSR count). The smallest absolute Gasteiger partial charge is 0.258 e. The summed E-state index contributed by atoms with van der Waals surface area (Å²) in [4.78, 5) is 16.6. The molecule has 1 amide bonds. The van der Waals surface area contributed by atoms with E-state index in [9.17, 15) is 9.18 Å². The van der Waals surface area contributed by atoms with Crippen molar-refractivity contribution in [1.82, 2.24) is 14.8 Å². The number of nitrogens with one attached hydrogen (secondary N) is 1. The van der Waals surface area contributed by atoms with Crippen LogP contribution >= 0.6 is 0 Å². The third-order valence-electron chi connectivity index (χ3n) is 3.17. The van der Waals surface area contributed by atoms with E-state index in [1.807, 2.05) is 0 Å². The fourth-order valence-corrected chi connectivity index (χ4v) is 2.13. The minimum absolute atomic E-state index is 0.287. The average molecular weight is 284 g/mol. The largest absolute Gasteiger partial charge is 0.305 e. The predicted octanol–water partition coefficient (Wildman–Crippen LogP) is 2.67. The molecule has 0 spiro atoms. The lowest BCUT2D eigenvalue weighted by Crippen LogP contribution is -2.14. The highest BCUT2D eigenvalue weighted by molar-refractivity contribution is 6.06. The highest BCUT2D eigenvalue weighted by Crippen LogP contribution is 2.18. The number of hydrogen-bond donors (Lipinski definition) is 1. The quantitative estimate of drug-likeness (QED) is 0.787. The Morgan fingerprint density at radius 1 is 1.29 bits per heavy atom. The number of halogens is 1. The minimum atomic E-state index is -0.347. The van der Waals surface area contributed by atoms with Gasteiger partial charge in [0, 0.05) is 30.8 Å². The Hall–Kier alpha value is -2.76. The Kier molecular flexibility index (Phi) is 3.13. The molecule has 0 aliphatic rings. The second-order valence-corrected chi connectivity index (χ2v) is 4.79. The van der Waals surface area contributed by atoms with Crippen molar-refractivity contribution in [2.45, 2.75) is 6.92 Å². The van der Waals surface area contributed by atoms with Crippen LogP contribution in [0.25, 0.3) is 10.9 Å². The van der Waals surface area contributed by atoms with E-state index in [4.69, 9.17) is 0 Å². The molecule has 106 valence electrons. The molecule has 1 N–H and O–H groups in total. The molecule has 0 bridgehead atoms. The molecule has 5 nitrogen and oxygen atoms in total. The van der Waals surface area contributed by atoms with Crippen molar-refractivity contribution in [3.8, 4) is 0 Å². The van der Waals surface area contributed by atoms with Crippen molar-refractivity contribution >= 4 is 22.6 Å². The minimum Gasteiger partial charge on any atom is -0.305 e. The molecule has 0 atom stereocenters. The van der Waals surface area contributed by atoms with Gasteiger partial charge in [0.1, 0.15) is 5.82 Å². The van der Waals surface area contributed by atoms with Crippen LogP contribution in [0.5, 0.6) is 0 Å². The van der Waals surface area contributed by atoms with Crippen molar-refractivity contribution in [2.75, 3.05) is 5.32 Å². The number of aromatic nitrogens is 3. The zero-order valence-corrected chi connectivity index (χ0v) is 11.6. The fourth-order valence-electron chi connectivity index (χ4n) is 2.13. The summed E-state index contributed by atoms with van der Waals surface area (Å²) in [6, 6.07) is 7.71. The highest BCUT2D eigenvalue weighted by atomic mass is 19.1. The van der Waals surface area contributed by atoms with E-state index in [1.165, 1.54) is 12.1 Å². The monoisotopic (exact) mass is 284 g/mol. The van der Waals surface area contributed by atoms with E-state index in [1.54, 1.807) is 43.0 Å². The van der Waals surface area contributed by atoms with Gasteiger partial charge in [0.2, 0.25) is 0 Å². The molecule has 0 saturated carbocycles. The summed E-state index contributed by atoms with van der Waals surface area (Å²) in [7, 11) is 1.77. The summed E-state index contributed by atoms with van der Waals surface area (Å²) >= 11 is 0. The summed E-state index contributed by atoms with van der Waals surface area (Å²) in [6.45, 7) is 1.72. The molecule has 2 heterocycles. The topological polar surface area (TPSA) is 59.8 Å². The molecule has 2 aromatic heterocycles. The lowest BCUT2D eigenvalue weighted by atomic mass is 10.1. The maximum absolute atomic E-state index is 13.2. The van der Waals surface area contributed by atoms with Crippen molar-refractivity contribution in [1.29, 1.82) is 0 Å². The van der Waals surface area contributed by atoms with Crippen LogP contribution in [-0.2, 0) is 7.05 Å². The van der Waals surface area contributed by atoms with Gasteiger partial charge >= 0.3 is 0 Å². The molecular formula is C15H13FN4O. The van der Waals surface area contributed by atoms with Gasteiger partial charge in [-0.2, -0.15) is 5.10 Å². The van der Waals surface area contributed by atoms with Gasteiger partial charge in [-0.15, -0.1) is 0 Å². The molecule has 21 heavy (non-hydrogen) atoms. The molecular weight excluding hydrogens is 271 g/mol. The Morgan fingerprint density at radius 3 is 2.81 bits per heavy atom. The van der Waals surface area contributed by atoms with Gasteiger partial charge in [-0.3, -0.25) is 14.5 Å². The van der Waals surface area contributed by atoms with Crippen LogP contribution in [0.15, 0.2) is 36.5 Å². The Labute approximate surface area is 120 Å². The Balaban J connectivity index is 1.97. The van der Waals surface area contributed by atoms with Crippen LogP contribution in [-0.4, -0.2) is 20.7 Å². The number of fused-ring (bicyclic) bond motifs is 1. The number of benzene rings is 1. The molecule has 0 saturated heterocycles. The lowest BCUT2D eigenvalue weighted by Gasteiger charge is -2.07. The van der Waals surface area contributed by atoms with E-state index >= 15 is 0 Å². The normalized spacial score (nSPS) is 10.8. The summed E-state index contributed by atoms with van der Waals surface area (Å²) in [6.07, 6.45) is 1.74. The highest BCUT2D eigenvalue weighted by Gasteiger charge is 2.13. The number of carbonyl (C=O) groups is 1. The van der Waals surface area contributed by atoms with Crippen molar-refractivity contribution in [3.63, 3.8) is 0 Å². The van der Waals surface area contributed by atoms with E-state index in [0.29, 0.717) is 28.0 Å². The first-order chi connectivity index (χ1) is 10.0. The van der Waals surface area contributed by atoms with Crippen LogP contribution in [0.1, 0.15) is 16.1 Å². The zero-order chi connectivity index (χ0) is 15.0. The number of aryl methyl sites for hydroxylation is 2. The molecule has 0 aliphatic carbocycles. The van der Waals surface area contributed by atoms with Crippen LogP contribution in [0.2, 0.25) is 0 Å². The first-order valence-corrected chi connectivity index (χ1v) is 6.41. The van der Waals surface area contributed by atoms with Crippen LogP contribution in [0, 0.1) is 12.7 Å². The second-order valence-electron chi connectivity index (χ2n) is 4.79. The summed E-state index contributed by atoms with van der Waals surface area (Å²) in [5.41, 5.74) is 1.52. The van der Waals surface area contributed by atoms with Gasteiger partial charge in [-0.1, -0.05) is 0 Å². The van der Waals surface area contributed by atoms with Gasteiger partial charge in [-0.05, 0) is 25.1 Å². The van der Waals surface area contributed by atoms with E-state index in [-0.39, 0.29) is 11.7 Å². The molecule has 0 aliphatic heterocycles. The van der Waals surface area contributed by atoms with Gasteiger partial charge in [0.05, 0.1) is 16.8 Å². The van der Waals surface area contributed by atoms with Crippen LogP contribution in [0.3, 0.4) is 0 Å². The maximum Gasteiger partial charge on any atom is 0.258 e. The number of carbonyl (C=O) groups excluding carboxylic acids is 1. The van der Waals surface area contributed by atoms with Crippen molar-refractivity contribution in [2.24, 2.45) is 7.05 Å². The number of anilines is 1. The second kappa shape index (κ2) is 4.97. The van der Waals surface area contributed by atoms with Crippen LogP contribution < -0.4 is 5.32 Å². The van der Waals surface area contributed by atoms with E-state index in [0.717, 1.165) is 0 Å². The molecule has 6 heteroatoms. The Bertz CT molecular complexity index is 841. The van der Waals surface area contributed by atoms with Gasteiger partial charge in [-0.25, -0.2) is 4.39 Å². The van der Waals surface area contributed by atoms with Gasteiger partial charge in [0.15, 0.2) is 5.82 Å². The van der Waals surface area contributed by atoms with Crippen molar-refractivity contribution < 1.29 is 9.18 Å². The fraction of sp³-hybridized carbons (Fsp3) is 0.133. The number of nitrogens with zero attached hydrogens (tertiary/aromatic N) is 3. The molecule has 0 unspecified atom stereocenters.